The van der Waals surface area contributed by atoms with Gasteiger partial charge < -0.3 is 16.4 Å². The third-order valence-electron chi connectivity index (χ3n) is 2.75. The first-order valence-corrected chi connectivity index (χ1v) is 6.68. The summed E-state index contributed by atoms with van der Waals surface area (Å²) in [7, 11) is 0. The van der Waals surface area contributed by atoms with Gasteiger partial charge in [0.25, 0.3) is 0 Å². The standard InChI is InChI=1S/C12H15BrN4O2/c13-9-5-8(14)1-2-10(9)16-12(19)7-17-4-3-15-11(18)6-17/h1-2,5H,3-4,6-7,14H2,(H,15,18)(H,16,19). The van der Waals surface area contributed by atoms with Crippen molar-refractivity contribution >= 4 is 39.1 Å². The van der Waals surface area contributed by atoms with Crippen LogP contribution in [0.3, 0.4) is 0 Å². The van der Waals surface area contributed by atoms with Gasteiger partial charge in [-0.25, -0.2) is 0 Å². The molecule has 2 rings (SSSR count). The molecule has 0 unspecified atom stereocenters. The van der Waals surface area contributed by atoms with Gasteiger partial charge in [0.15, 0.2) is 0 Å². The van der Waals surface area contributed by atoms with Gasteiger partial charge in [0.2, 0.25) is 11.8 Å². The van der Waals surface area contributed by atoms with Gasteiger partial charge in [0, 0.05) is 23.2 Å². The maximum Gasteiger partial charge on any atom is 0.238 e. The van der Waals surface area contributed by atoms with E-state index in [1.165, 1.54) is 0 Å². The van der Waals surface area contributed by atoms with Crippen molar-refractivity contribution in [3.63, 3.8) is 0 Å². The molecule has 1 aromatic carbocycles. The van der Waals surface area contributed by atoms with E-state index in [-0.39, 0.29) is 24.9 Å². The van der Waals surface area contributed by atoms with E-state index >= 15 is 0 Å². The number of nitrogens with zero attached hydrogens (tertiary/aromatic N) is 1. The van der Waals surface area contributed by atoms with Crippen LogP contribution in [0, 0.1) is 0 Å². The number of rotatable bonds is 3. The molecule has 0 saturated carbocycles. The number of benzene rings is 1. The van der Waals surface area contributed by atoms with E-state index in [0.29, 0.717) is 24.5 Å². The fourth-order valence-corrected chi connectivity index (χ4v) is 2.35. The Morgan fingerprint density at radius 2 is 2.32 bits per heavy atom. The van der Waals surface area contributed by atoms with E-state index in [1.54, 1.807) is 23.1 Å². The van der Waals surface area contributed by atoms with Crippen molar-refractivity contribution < 1.29 is 9.59 Å². The Labute approximate surface area is 119 Å². The predicted molar refractivity (Wildman–Crippen MR) is 76.6 cm³/mol. The quantitative estimate of drug-likeness (QED) is 0.702. The Bertz CT molecular complexity index is 507. The minimum atomic E-state index is -0.153. The van der Waals surface area contributed by atoms with Crippen molar-refractivity contribution in [3.8, 4) is 0 Å². The molecular weight excluding hydrogens is 312 g/mol. The van der Waals surface area contributed by atoms with Crippen LogP contribution in [0.2, 0.25) is 0 Å². The zero-order valence-electron chi connectivity index (χ0n) is 10.3. The molecular formula is C12H15BrN4O2. The molecule has 7 heteroatoms. The molecule has 6 nitrogen and oxygen atoms in total. The number of hydrogen-bond donors (Lipinski definition) is 3. The van der Waals surface area contributed by atoms with Crippen molar-refractivity contribution in [1.29, 1.82) is 0 Å². The zero-order chi connectivity index (χ0) is 13.8. The largest absolute Gasteiger partial charge is 0.399 e. The molecule has 0 aliphatic carbocycles. The summed E-state index contributed by atoms with van der Waals surface area (Å²) >= 11 is 3.34. The van der Waals surface area contributed by atoms with Crippen molar-refractivity contribution in [2.75, 3.05) is 37.2 Å². The molecule has 4 N–H and O–H groups in total. The fourth-order valence-electron chi connectivity index (χ4n) is 1.85. The van der Waals surface area contributed by atoms with E-state index in [9.17, 15) is 9.59 Å². The monoisotopic (exact) mass is 326 g/mol. The molecule has 0 atom stereocenters. The van der Waals surface area contributed by atoms with Gasteiger partial charge in [0.05, 0.1) is 18.8 Å². The Balaban J connectivity index is 1.92. The Morgan fingerprint density at radius 3 is 3.00 bits per heavy atom. The summed E-state index contributed by atoms with van der Waals surface area (Å²) in [5.74, 6) is -0.201. The van der Waals surface area contributed by atoms with Gasteiger partial charge in [-0.3, -0.25) is 14.5 Å². The zero-order valence-corrected chi connectivity index (χ0v) is 11.9. The number of carbonyl (C=O) groups excluding carboxylic acids is 2. The van der Waals surface area contributed by atoms with E-state index < -0.39 is 0 Å². The van der Waals surface area contributed by atoms with Crippen LogP contribution in [0.1, 0.15) is 0 Å². The molecule has 19 heavy (non-hydrogen) atoms. The number of nitrogen functional groups attached to an aromatic ring is 1. The van der Waals surface area contributed by atoms with Crippen LogP contribution in [0.15, 0.2) is 22.7 Å². The topological polar surface area (TPSA) is 87.5 Å². The summed E-state index contributed by atoms with van der Waals surface area (Å²) in [6, 6.07) is 5.18. The second kappa shape index (κ2) is 6.03. The number of halogens is 1. The third-order valence-corrected chi connectivity index (χ3v) is 3.41. The summed E-state index contributed by atoms with van der Waals surface area (Å²) in [6.45, 7) is 1.72. The van der Waals surface area contributed by atoms with Gasteiger partial charge in [-0.15, -0.1) is 0 Å². The highest BCUT2D eigenvalue weighted by Gasteiger charge is 2.18. The lowest BCUT2D eigenvalue weighted by Crippen LogP contribution is -2.49. The Kier molecular flexibility index (Phi) is 4.39. The smallest absolute Gasteiger partial charge is 0.238 e. The van der Waals surface area contributed by atoms with Crippen LogP contribution in [-0.2, 0) is 9.59 Å². The molecule has 1 fully saturated rings. The van der Waals surface area contributed by atoms with E-state index in [4.69, 9.17) is 5.73 Å². The number of hydrogen-bond acceptors (Lipinski definition) is 4. The number of anilines is 2. The molecule has 1 aliphatic heterocycles. The predicted octanol–water partition coefficient (Wildman–Crippen LogP) is 0.402. The van der Waals surface area contributed by atoms with Crippen molar-refractivity contribution in [2.45, 2.75) is 0 Å². The van der Waals surface area contributed by atoms with Gasteiger partial charge >= 0.3 is 0 Å². The number of piperazine rings is 1. The maximum atomic E-state index is 11.9. The molecule has 1 heterocycles. The van der Waals surface area contributed by atoms with Gasteiger partial charge in [-0.2, -0.15) is 0 Å². The third kappa shape index (κ3) is 3.93. The summed E-state index contributed by atoms with van der Waals surface area (Å²) < 4.78 is 0.734. The summed E-state index contributed by atoms with van der Waals surface area (Å²) in [5, 5.41) is 5.50. The lowest BCUT2D eigenvalue weighted by atomic mass is 10.3. The lowest BCUT2D eigenvalue weighted by Gasteiger charge is -2.25. The first-order valence-electron chi connectivity index (χ1n) is 5.88. The number of nitrogens with one attached hydrogen (secondary N) is 2. The molecule has 102 valence electrons. The average Bonchev–Trinajstić information content (AvgIpc) is 2.33. The van der Waals surface area contributed by atoms with Crippen LogP contribution < -0.4 is 16.4 Å². The highest BCUT2D eigenvalue weighted by atomic mass is 79.9. The van der Waals surface area contributed by atoms with Crippen molar-refractivity contribution in [2.24, 2.45) is 0 Å². The van der Waals surface area contributed by atoms with E-state index in [1.807, 2.05) is 0 Å². The molecule has 0 spiro atoms. The minimum Gasteiger partial charge on any atom is -0.399 e. The molecule has 0 bridgehead atoms. The highest BCUT2D eigenvalue weighted by molar-refractivity contribution is 9.10. The van der Waals surface area contributed by atoms with Crippen LogP contribution in [0.4, 0.5) is 11.4 Å². The lowest BCUT2D eigenvalue weighted by molar-refractivity contribution is -0.125. The van der Waals surface area contributed by atoms with Gasteiger partial charge in [-0.05, 0) is 34.1 Å². The molecule has 0 aromatic heterocycles. The van der Waals surface area contributed by atoms with Crippen molar-refractivity contribution in [1.82, 2.24) is 10.2 Å². The average molecular weight is 327 g/mol. The molecule has 0 radical (unpaired) electrons. The maximum absolute atomic E-state index is 11.9. The minimum absolute atomic E-state index is 0.0484. The molecule has 1 saturated heterocycles. The number of nitrogens with two attached hydrogens (primary N) is 1. The Morgan fingerprint density at radius 1 is 1.53 bits per heavy atom. The van der Waals surface area contributed by atoms with Crippen LogP contribution in [0.25, 0.3) is 0 Å². The van der Waals surface area contributed by atoms with E-state index in [2.05, 4.69) is 26.6 Å². The van der Waals surface area contributed by atoms with Crippen LogP contribution in [-0.4, -0.2) is 42.9 Å². The Hall–Kier alpha value is -1.60. The molecule has 1 aliphatic rings. The first kappa shape index (κ1) is 13.8. The van der Waals surface area contributed by atoms with Crippen molar-refractivity contribution in [3.05, 3.63) is 22.7 Å². The second-order valence-corrected chi connectivity index (χ2v) is 5.20. The second-order valence-electron chi connectivity index (χ2n) is 4.35. The highest BCUT2D eigenvalue weighted by Crippen LogP contribution is 2.24. The van der Waals surface area contributed by atoms with E-state index in [0.717, 1.165) is 4.47 Å². The first-order chi connectivity index (χ1) is 9.04. The van der Waals surface area contributed by atoms with Crippen LogP contribution in [0.5, 0.6) is 0 Å². The van der Waals surface area contributed by atoms with Gasteiger partial charge in [0.1, 0.15) is 0 Å². The summed E-state index contributed by atoms with van der Waals surface area (Å²) in [6.07, 6.45) is 0. The SMILES string of the molecule is Nc1ccc(NC(=O)CN2CCNC(=O)C2)c(Br)c1. The van der Waals surface area contributed by atoms with Crippen LogP contribution >= 0.6 is 15.9 Å². The number of amides is 2. The number of carbonyl (C=O) groups is 2. The summed E-state index contributed by atoms with van der Waals surface area (Å²) in [5.41, 5.74) is 6.92. The normalized spacial score (nSPS) is 15.9. The molecule has 2 amide bonds. The summed E-state index contributed by atoms with van der Waals surface area (Å²) in [4.78, 5) is 24.9. The van der Waals surface area contributed by atoms with Gasteiger partial charge in [-0.1, -0.05) is 0 Å². The molecule has 1 aromatic rings. The fraction of sp³-hybridized carbons (Fsp3) is 0.333.